The number of pyridine rings is 1. The van der Waals surface area contributed by atoms with E-state index in [1.54, 1.807) is 0 Å². The average Bonchev–Trinajstić information content (AvgIpc) is 2.46. The Morgan fingerprint density at radius 2 is 2.05 bits per heavy atom. The highest BCUT2D eigenvalue weighted by atomic mass is 32.2. The highest BCUT2D eigenvalue weighted by molar-refractivity contribution is 7.89. The number of anilines is 1. The van der Waals surface area contributed by atoms with Crippen LogP contribution in [0.25, 0.3) is 0 Å². The Balaban J connectivity index is 1.95. The molecule has 1 aromatic heterocycles. The van der Waals surface area contributed by atoms with Gasteiger partial charge >= 0.3 is 0 Å². The molecule has 2 N–H and O–H groups in total. The first-order chi connectivity index (χ1) is 9.97. The Morgan fingerprint density at radius 1 is 1.24 bits per heavy atom. The lowest BCUT2D eigenvalue weighted by Gasteiger charge is -2.07. The van der Waals surface area contributed by atoms with Crippen LogP contribution in [-0.4, -0.2) is 25.9 Å². The highest BCUT2D eigenvalue weighted by Gasteiger charge is 2.15. The number of hydrogen-bond donors (Lipinski definition) is 2. The van der Waals surface area contributed by atoms with Crippen LogP contribution >= 0.6 is 0 Å². The Morgan fingerprint density at radius 3 is 2.71 bits per heavy atom. The molecule has 110 valence electrons. The molecule has 21 heavy (non-hydrogen) atoms. The lowest BCUT2D eigenvalue weighted by atomic mass is 10.3. The molecule has 6 nitrogen and oxygen atoms in total. The van der Waals surface area contributed by atoms with Gasteiger partial charge in [-0.2, -0.15) is 0 Å². The number of carbonyl (C=O) groups is 1. The van der Waals surface area contributed by atoms with E-state index >= 15 is 0 Å². The quantitative estimate of drug-likeness (QED) is 0.867. The van der Waals surface area contributed by atoms with E-state index in [1.807, 2.05) is 0 Å². The lowest BCUT2D eigenvalue weighted by molar-refractivity contribution is -0.115. The molecule has 0 saturated heterocycles. The number of nitrogens with one attached hydrogen (secondary N) is 2. The van der Waals surface area contributed by atoms with Crippen molar-refractivity contribution < 1.29 is 17.6 Å². The summed E-state index contributed by atoms with van der Waals surface area (Å²) in [6, 6.07) is 8.14. The van der Waals surface area contributed by atoms with Crippen molar-refractivity contribution in [2.45, 2.75) is 4.90 Å². The number of sulfonamides is 1. The third-order valence-electron chi connectivity index (χ3n) is 2.48. The summed E-state index contributed by atoms with van der Waals surface area (Å²) in [4.78, 5) is 15.3. The Labute approximate surface area is 121 Å². The van der Waals surface area contributed by atoms with Crippen LogP contribution in [0.1, 0.15) is 0 Å². The summed E-state index contributed by atoms with van der Waals surface area (Å²) in [5.74, 6) is -1.10. The number of nitrogens with zero attached hydrogens (tertiary/aromatic N) is 1. The second-order valence-electron chi connectivity index (χ2n) is 4.07. The molecule has 2 rings (SSSR count). The molecule has 0 unspecified atom stereocenters. The van der Waals surface area contributed by atoms with E-state index in [4.69, 9.17) is 0 Å². The molecular weight excluding hydrogens is 297 g/mol. The second-order valence-corrected chi connectivity index (χ2v) is 5.84. The van der Waals surface area contributed by atoms with E-state index in [9.17, 15) is 17.6 Å². The summed E-state index contributed by atoms with van der Waals surface area (Å²) in [7, 11) is -3.80. The van der Waals surface area contributed by atoms with Gasteiger partial charge in [0.15, 0.2) is 0 Å². The van der Waals surface area contributed by atoms with Gasteiger partial charge in [0, 0.05) is 18.1 Å². The molecule has 0 aliphatic heterocycles. The van der Waals surface area contributed by atoms with Gasteiger partial charge in [-0.3, -0.25) is 9.78 Å². The first-order valence-corrected chi connectivity index (χ1v) is 7.41. The monoisotopic (exact) mass is 309 g/mol. The fourth-order valence-electron chi connectivity index (χ4n) is 1.52. The zero-order chi connectivity index (χ0) is 15.3. The van der Waals surface area contributed by atoms with Crippen LogP contribution in [-0.2, 0) is 14.8 Å². The number of hydrogen-bond acceptors (Lipinski definition) is 4. The molecule has 0 bridgehead atoms. The van der Waals surface area contributed by atoms with Crippen molar-refractivity contribution in [3.8, 4) is 0 Å². The van der Waals surface area contributed by atoms with Crippen LogP contribution in [0.15, 0.2) is 53.7 Å². The molecule has 0 aliphatic rings. The number of amides is 1. The molecule has 0 radical (unpaired) electrons. The fourth-order valence-corrected chi connectivity index (χ4v) is 2.47. The van der Waals surface area contributed by atoms with E-state index in [0.717, 1.165) is 6.07 Å². The standard InChI is InChI=1S/C13H12FN3O3S/c14-10-3-1-4-11(7-10)17-13(18)9-16-21(19,20)12-5-2-6-15-8-12/h1-8,16H,9H2,(H,17,18). The van der Waals surface area contributed by atoms with Crippen LogP contribution in [0.5, 0.6) is 0 Å². The van der Waals surface area contributed by atoms with Crippen LogP contribution < -0.4 is 10.0 Å². The summed E-state index contributed by atoms with van der Waals surface area (Å²) >= 11 is 0. The molecule has 0 fully saturated rings. The second kappa shape index (κ2) is 6.42. The van der Waals surface area contributed by atoms with Crippen molar-refractivity contribution >= 4 is 21.6 Å². The third-order valence-corrected chi connectivity index (χ3v) is 3.86. The molecule has 1 amide bonds. The number of benzene rings is 1. The highest BCUT2D eigenvalue weighted by Crippen LogP contribution is 2.09. The molecule has 2 aromatic rings. The van der Waals surface area contributed by atoms with Crippen molar-refractivity contribution in [2.24, 2.45) is 0 Å². The van der Waals surface area contributed by atoms with Gasteiger partial charge in [0.1, 0.15) is 10.7 Å². The first-order valence-electron chi connectivity index (χ1n) is 5.92. The Hall–Kier alpha value is -2.32. The smallest absolute Gasteiger partial charge is 0.242 e. The topological polar surface area (TPSA) is 88.2 Å². The largest absolute Gasteiger partial charge is 0.325 e. The summed E-state index contributed by atoms with van der Waals surface area (Å²) in [5.41, 5.74) is 0.251. The molecule has 0 saturated carbocycles. The molecule has 8 heteroatoms. The van der Waals surface area contributed by atoms with Crippen LogP contribution in [0.3, 0.4) is 0 Å². The minimum Gasteiger partial charge on any atom is -0.325 e. The van der Waals surface area contributed by atoms with E-state index < -0.39 is 28.3 Å². The van der Waals surface area contributed by atoms with E-state index in [1.165, 1.54) is 42.7 Å². The predicted molar refractivity (Wildman–Crippen MR) is 74.5 cm³/mol. The zero-order valence-electron chi connectivity index (χ0n) is 10.8. The van der Waals surface area contributed by atoms with Gasteiger partial charge in [-0.05, 0) is 30.3 Å². The van der Waals surface area contributed by atoms with E-state index in [-0.39, 0.29) is 10.6 Å². The molecular formula is C13H12FN3O3S. The lowest BCUT2D eigenvalue weighted by Crippen LogP contribution is -2.32. The zero-order valence-corrected chi connectivity index (χ0v) is 11.6. The molecule has 0 spiro atoms. The number of rotatable bonds is 5. The number of halogens is 1. The van der Waals surface area contributed by atoms with Gasteiger partial charge in [-0.25, -0.2) is 17.5 Å². The summed E-state index contributed by atoms with van der Waals surface area (Å²) in [6.07, 6.45) is 2.61. The third kappa shape index (κ3) is 4.33. The van der Waals surface area contributed by atoms with Crippen molar-refractivity contribution in [2.75, 3.05) is 11.9 Å². The maximum atomic E-state index is 12.9. The van der Waals surface area contributed by atoms with E-state index in [0.29, 0.717) is 0 Å². The minimum atomic E-state index is -3.80. The molecule has 1 aromatic carbocycles. The van der Waals surface area contributed by atoms with Crippen molar-refractivity contribution in [1.29, 1.82) is 0 Å². The first kappa shape index (κ1) is 15.1. The van der Waals surface area contributed by atoms with Crippen molar-refractivity contribution in [3.05, 3.63) is 54.6 Å². The van der Waals surface area contributed by atoms with E-state index in [2.05, 4.69) is 15.0 Å². The maximum absolute atomic E-state index is 12.9. The summed E-state index contributed by atoms with van der Waals surface area (Å²) < 4.78 is 38.8. The number of aromatic nitrogens is 1. The van der Waals surface area contributed by atoms with Crippen molar-refractivity contribution in [1.82, 2.24) is 9.71 Å². The van der Waals surface area contributed by atoms with Crippen molar-refractivity contribution in [3.63, 3.8) is 0 Å². The average molecular weight is 309 g/mol. The predicted octanol–water partition coefficient (Wildman–Crippen LogP) is 1.14. The van der Waals surface area contributed by atoms with Gasteiger partial charge in [0.05, 0.1) is 6.54 Å². The SMILES string of the molecule is O=C(CNS(=O)(=O)c1cccnc1)Nc1cccc(F)c1. The number of carbonyl (C=O) groups excluding carboxylic acids is 1. The van der Waals surface area contributed by atoms with Gasteiger partial charge in [-0.1, -0.05) is 6.07 Å². The van der Waals surface area contributed by atoms with Gasteiger partial charge < -0.3 is 5.32 Å². The normalized spacial score (nSPS) is 11.1. The molecule has 0 atom stereocenters. The maximum Gasteiger partial charge on any atom is 0.242 e. The van der Waals surface area contributed by atoms with Crippen LogP contribution in [0, 0.1) is 5.82 Å². The van der Waals surface area contributed by atoms with Crippen LogP contribution in [0.2, 0.25) is 0 Å². The van der Waals surface area contributed by atoms with Gasteiger partial charge in [0.25, 0.3) is 0 Å². The molecule has 0 aliphatic carbocycles. The summed E-state index contributed by atoms with van der Waals surface area (Å²) in [6.45, 7) is -0.465. The van der Waals surface area contributed by atoms with Crippen LogP contribution in [0.4, 0.5) is 10.1 Å². The Bertz CT molecular complexity index is 735. The van der Waals surface area contributed by atoms with Gasteiger partial charge in [-0.15, -0.1) is 0 Å². The Kier molecular flexibility index (Phi) is 4.61. The summed E-state index contributed by atoms with van der Waals surface area (Å²) in [5, 5.41) is 2.39. The molecule has 1 heterocycles. The minimum absolute atomic E-state index is 0.0384. The fraction of sp³-hybridized carbons (Fsp3) is 0.0769. The van der Waals surface area contributed by atoms with Gasteiger partial charge in [0.2, 0.25) is 15.9 Å².